The second-order valence-corrected chi connectivity index (χ2v) is 6.52. The summed E-state index contributed by atoms with van der Waals surface area (Å²) >= 11 is 0. The summed E-state index contributed by atoms with van der Waals surface area (Å²) in [4.78, 5) is 0. The lowest BCUT2D eigenvalue weighted by atomic mass is 9.77. The van der Waals surface area contributed by atoms with E-state index in [0.29, 0.717) is 5.92 Å². The van der Waals surface area contributed by atoms with Crippen molar-refractivity contribution in [2.24, 2.45) is 17.6 Å². The van der Waals surface area contributed by atoms with Gasteiger partial charge >= 0.3 is 0 Å². The number of rotatable bonds is 3. The minimum Gasteiger partial charge on any atom is -0.497 e. The highest BCUT2D eigenvalue weighted by Gasteiger charge is 2.24. The van der Waals surface area contributed by atoms with Crippen LogP contribution in [0.1, 0.15) is 44.2 Å². The van der Waals surface area contributed by atoms with Crippen molar-refractivity contribution in [1.29, 1.82) is 0 Å². The van der Waals surface area contributed by atoms with Gasteiger partial charge in [-0.05, 0) is 59.2 Å². The summed E-state index contributed by atoms with van der Waals surface area (Å²) in [6.07, 6.45) is 5.18. The van der Waals surface area contributed by atoms with Crippen molar-refractivity contribution in [2.45, 2.75) is 38.6 Å². The molecule has 1 unspecified atom stereocenters. The SMILES string of the molecule is COc1ccc2cc(C(N)C3CCC(C)CC3)ccc2c1. The molecule has 1 atom stereocenters. The van der Waals surface area contributed by atoms with E-state index in [0.717, 1.165) is 11.7 Å². The van der Waals surface area contributed by atoms with E-state index in [1.54, 1.807) is 7.11 Å². The minimum absolute atomic E-state index is 0.170. The van der Waals surface area contributed by atoms with Crippen molar-refractivity contribution in [2.75, 3.05) is 7.11 Å². The molecule has 112 valence electrons. The van der Waals surface area contributed by atoms with E-state index in [9.17, 15) is 0 Å². The summed E-state index contributed by atoms with van der Waals surface area (Å²) in [6.45, 7) is 2.35. The van der Waals surface area contributed by atoms with E-state index in [4.69, 9.17) is 10.5 Å². The first-order valence-corrected chi connectivity index (χ1v) is 8.00. The number of hydrogen-bond donors (Lipinski definition) is 1. The fraction of sp³-hybridized carbons (Fsp3) is 0.474. The molecule has 0 radical (unpaired) electrons. The van der Waals surface area contributed by atoms with Crippen LogP contribution >= 0.6 is 0 Å². The molecule has 2 nitrogen and oxygen atoms in total. The molecule has 1 aliphatic rings. The topological polar surface area (TPSA) is 35.2 Å². The molecule has 1 saturated carbocycles. The minimum atomic E-state index is 0.170. The molecule has 0 bridgehead atoms. The Balaban J connectivity index is 1.83. The van der Waals surface area contributed by atoms with Crippen molar-refractivity contribution in [3.05, 3.63) is 42.0 Å². The van der Waals surface area contributed by atoms with Gasteiger partial charge < -0.3 is 10.5 Å². The highest BCUT2D eigenvalue weighted by atomic mass is 16.5. The van der Waals surface area contributed by atoms with Crippen LogP contribution in [0.3, 0.4) is 0 Å². The van der Waals surface area contributed by atoms with Crippen molar-refractivity contribution in [3.63, 3.8) is 0 Å². The summed E-state index contributed by atoms with van der Waals surface area (Å²) in [7, 11) is 1.70. The van der Waals surface area contributed by atoms with Gasteiger partial charge in [0.25, 0.3) is 0 Å². The quantitative estimate of drug-likeness (QED) is 0.888. The Morgan fingerprint density at radius 2 is 1.67 bits per heavy atom. The first-order valence-electron chi connectivity index (χ1n) is 8.00. The second-order valence-electron chi connectivity index (χ2n) is 6.52. The van der Waals surface area contributed by atoms with Crippen molar-refractivity contribution < 1.29 is 4.74 Å². The monoisotopic (exact) mass is 283 g/mol. The molecular weight excluding hydrogens is 258 g/mol. The molecule has 0 spiro atoms. The molecule has 0 aromatic heterocycles. The summed E-state index contributed by atoms with van der Waals surface area (Å²) in [5.41, 5.74) is 7.81. The molecule has 0 heterocycles. The molecule has 0 amide bonds. The highest BCUT2D eigenvalue weighted by Crippen LogP contribution is 2.36. The maximum absolute atomic E-state index is 6.54. The Labute approximate surface area is 127 Å². The second kappa shape index (κ2) is 6.07. The summed E-state index contributed by atoms with van der Waals surface area (Å²) in [5, 5.41) is 2.45. The van der Waals surface area contributed by atoms with Crippen LogP contribution in [-0.2, 0) is 0 Å². The van der Waals surface area contributed by atoms with Crippen LogP contribution in [0.15, 0.2) is 36.4 Å². The molecule has 2 aromatic carbocycles. The maximum atomic E-state index is 6.54. The third-order valence-electron chi connectivity index (χ3n) is 5.02. The Morgan fingerprint density at radius 1 is 1.00 bits per heavy atom. The average molecular weight is 283 g/mol. The van der Waals surface area contributed by atoms with Crippen molar-refractivity contribution in [1.82, 2.24) is 0 Å². The van der Waals surface area contributed by atoms with Gasteiger partial charge in [0.15, 0.2) is 0 Å². The molecule has 2 N–H and O–H groups in total. The number of benzene rings is 2. The van der Waals surface area contributed by atoms with Gasteiger partial charge in [-0.25, -0.2) is 0 Å². The van der Waals surface area contributed by atoms with Gasteiger partial charge in [0, 0.05) is 6.04 Å². The number of hydrogen-bond acceptors (Lipinski definition) is 2. The van der Waals surface area contributed by atoms with Crippen LogP contribution in [0.25, 0.3) is 10.8 Å². The smallest absolute Gasteiger partial charge is 0.119 e. The number of methoxy groups -OCH3 is 1. The van der Waals surface area contributed by atoms with Gasteiger partial charge in [0.2, 0.25) is 0 Å². The van der Waals surface area contributed by atoms with Gasteiger partial charge in [-0.1, -0.05) is 38.0 Å². The van der Waals surface area contributed by atoms with Crippen LogP contribution in [0.4, 0.5) is 0 Å². The lowest BCUT2D eigenvalue weighted by Crippen LogP contribution is -2.25. The van der Waals surface area contributed by atoms with Gasteiger partial charge in [-0.2, -0.15) is 0 Å². The Hall–Kier alpha value is -1.54. The number of nitrogens with two attached hydrogens (primary N) is 1. The molecule has 1 fully saturated rings. The Bertz CT molecular complexity index is 614. The number of ether oxygens (including phenoxy) is 1. The first kappa shape index (κ1) is 14.4. The molecule has 0 aliphatic heterocycles. The van der Waals surface area contributed by atoms with Gasteiger partial charge in [-0.3, -0.25) is 0 Å². The largest absolute Gasteiger partial charge is 0.497 e. The van der Waals surface area contributed by atoms with E-state index >= 15 is 0 Å². The zero-order valence-electron chi connectivity index (χ0n) is 13.0. The summed E-state index contributed by atoms with van der Waals surface area (Å²) in [5.74, 6) is 2.41. The fourth-order valence-electron chi connectivity index (χ4n) is 3.49. The van der Waals surface area contributed by atoms with Crippen LogP contribution in [0.5, 0.6) is 5.75 Å². The van der Waals surface area contributed by atoms with E-state index in [1.165, 1.54) is 42.0 Å². The number of fused-ring (bicyclic) bond motifs is 1. The van der Waals surface area contributed by atoms with Crippen LogP contribution in [0, 0.1) is 11.8 Å². The van der Waals surface area contributed by atoms with Gasteiger partial charge in [0.1, 0.15) is 5.75 Å². The molecule has 1 aliphatic carbocycles. The lowest BCUT2D eigenvalue weighted by molar-refractivity contribution is 0.256. The van der Waals surface area contributed by atoms with Crippen LogP contribution in [0.2, 0.25) is 0 Å². The predicted octanol–water partition coefficient (Wildman–Crippen LogP) is 4.67. The van der Waals surface area contributed by atoms with Crippen LogP contribution < -0.4 is 10.5 Å². The lowest BCUT2D eigenvalue weighted by Gasteiger charge is -2.31. The van der Waals surface area contributed by atoms with E-state index in [-0.39, 0.29) is 6.04 Å². The van der Waals surface area contributed by atoms with Crippen molar-refractivity contribution >= 4 is 10.8 Å². The van der Waals surface area contributed by atoms with E-state index < -0.39 is 0 Å². The fourth-order valence-corrected chi connectivity index (χ4v) is 3.49. The van der Waals surface area contributed by atoms with Gasteiger partial charge in [-0.15, -0.1) is 0 Å². The molecule has 3 rings (SSSR count). The van der Waals surface area contributed by atoms with E-state index in [2.05, 4.69) is 37.3 Å². The van der Waals surface area contributed by atoms with Gasteiger partial charge in [0.05, 0.1) is 7.11 Å². The Kier molecular flexibility index (Phi) is 4.16. The van der Waals surface area contributed by atoms with Crippen molar-refractivity contribution in [3.8, 4) is 5.75 Å². The van der Waals surface area contributed by atoms with Crippen LogP contribution in [-0.4, -0.2) is 7.11 Å². The summed E-state index contributed by atoms with van der Waals surface area (Å²) < 4.78 is 5.28. The third kappa shape index (κ3) is 3.06. The summed E-state index contributed by atoms with van der Waals surface area (Å²) in [6, 6.07) is 13.0. The molecule has 2 aromatic rings. The average Bonchev–Trinajstić information content (AvgIpc) is 2.54. The third-order valence-corrected chi connectivity index (χ3v) is 5.02. The normalized spacial score (nSPS) is 24.0. The zero-order valence-corrected chi connectivity index (χ0v) is 13.0. The molecule has 2 heteroatoms. The maximum Gasteiger partial charge on any atom is 0.119 e. The predicted molar refractivity (Wildman–Crippen MR) is 88.6 cm³/mol. The first-order chi connectivity index (χ1) is 10.2. The highest BCUT2D eigenvalue weighted by molar-refractivity contribution is 5.84. The molecular formula is C19H25NO. The van der Waals surface area contributed by atoms with E-state index in [1.807, 2.05) is 6.07 Å². The zero-order chi connectivity index (χ0) is 14.8. The molecule has 0 saturated heterocycles. The Morgan fingerprint density at radius 3 is 2.38 bits per heavy atom. The standard InChI is InChI=1S/C19H25NO/c1-13-3-5-14(6-4-13)19(20)17-8-7-16-12-18(21-2)10-9-15(16)11-17/h7-14,19H,3-6,20H2,1-2H3. The molecule has 21 heavy (non-hydrogen) atoms.